The van der Waals surface area contributed by atoms with Crippen molar-refractivity contribution in [1.29, 1.82) is 0 Å². The summed E-state index contributed by atoms with van der Waals surface area (Å²) in [5.74, 6) is 0.814. The van der Waals surface area contributed by atoms with E-state index in [1.54, 1.807) is 0 Å². The van der Waals surface area contributed by atoms with E-state index in [1.165, 1.54) is 44.9 Å². The van der Waals surface area contributed by atoms with Gasteiger partial charge < -0.3 is 10.6 Å². The van der Waals surface area contributed by atoms with Gasteiger partial charge in [-0.05, 0) is 43.6 Å². The zero-order chi connectivity index (χ0) is 13.5. The van der Waals surface area contributed by atoms with Gasteiger partial charge in [0.15, 0.2) is 5.11 Å². The Morgan fingerprint density at radius 2 is 1.84 bits per heavy atom. The molecule has 2 N–H and O–H groups in total. The van der Waals surface area contributed by atoms with Crippen molar-refractivity contribution in [3.8, 4) is 0 Å². The van der Waals surface area contributed by atoms with Crippen molar-refractivity contribution in [1.82, 2.24) is 10.3 Å². The Balaban J connectivity index is 1.80. The summed E-state index contributed by atoms with van der Waals surface area (Å²) >= 11 is 5.37. The highest BCUT2D eigenvalue weighted by molar-refractivity contribution is 7.80. The van der Waals surface area contributed by atoms with Gasteiger partial charge in [-0.25, -0.2) is 4.98 Å². The minimum Gasteiger partial charge on any atom is -0.360 e. The van der Waals surface area contributed by atoms with E-state index in [1.807, 2.05) is 25.3 Å². The molecule has 0 unspecified atom stereocenters. The van der Waals surface area contributed by atoms with Crippen molar-refractivity contribution in [2.24, 2.45) is 0 Å². The molecule has 0 aliphatic heterocycles. The minimum absolute atomic E-state index is 0.519. The van der Waals surface area contributed by atoms with E-state index in [2.05, 4.69) is 15.6 Å². The fourth-order valence-corrected chi connectivity index (χ4v) is 2.75. The summed E-state index contributed by atoms with van der Waals surface area (Å²) < 4.78 is 0. The van der Waals surface area contributed by atoms with E-state index in [4.69, 9.17) is 12.2 Å². The molecular formula is C15H23N3S. The van der Waals surface area contributed by atoms with Gasteiger partial charge in [0.1, 0.15) is 5.82 Å². The smallest absolute Gasteiger partial charge is 0.172 e. The maximum absolute atomic E-state index is 5.37. The van der Waals surface area contributed by atoms with Crippen molar-refractivity contribution in [2.45, 2.75) is 57.9 Å². The molecule has 1 saturated carbocycles. The second-order valence-corrected chi connectivity index (χ2v) is 5.77. The lowest BCUT2D eigenvalue weighted by atomic mass is 9.97. The molecule has 0 spiro atoms. The molecular weight excluding hydrogens is 254 g/mol. The molecule has 1 aliphatic carbocycles. The van der Waals surface area contributed by atoms with Gasteiger partial charge in [-0.2, -0.15) is 0 Å². The van der Waals surface area contributed by atoms with E-state index in [-0.39, 0.29) is 0 Å². The van der Waals surface area contributed by atoms with Gasteiger partial charge in [0.2, 0.25) is 0 Å². The third kappa shape index (κ3) is 5.15. The van der Waals surface area contributed by atoms with Crippen LogP contribution >= 0.6 is 12.2 Å². The first-order valence-corrected chi connectivity index (χ1v) is 7.65. The molecule has 0 bridgehead atoms. The van der Waals surface area contributed by atoms with E-state index in [0.29, 0.717) is 11.2 Å². The molecule has 0 saturated heterocycles. The number of hydrogen-bond acceptors (Lipinski definition) is 2. The number of nitrogens with zero attached hydrogens (tertiary/aromatic N) is 1. The normalized spacial score (nSPS) is 17.3. The molecule has 4 heteroatoms. The Bertz CT molecular complexity index is 394. The van der Waals surface area contributed by atoms with E-state index >= 15 is 0 Å². The summed E-state index contributed by atoms with van der Waals surface area (Å²) in [6, 6.07) is 4.51. The van der Waals surface area contributed by atoms with Gasteiger partial charge in [0.25, 0.3) is 0 Å². The summed E-state index contributed by atoms with van der Waals surface area (Å²) in [6.45, 7) is 2.03. The Morgan fingerprint density at radius 3 is 2.47 bits per heavy atom. The average Bonchev–Trinajstić information content (AvgIpc) is 2.35. The lowest BCUT2D eigenvalue weighted by Crippen LogP contribution is -2.38. The van der Waals surface area contributed by atoms with Crippen LogP contribution in [0, 0.1) is 6.92 Å². The molecule has 0 amide bonds. The van der Waals surface area contributed by atoms with Gasteiger partial charge in [-0.3, -0.25) is 0 Å². The van der Waals surface area contributed by atoms with E-state index < -0.39 is 0 Å². The van der Waals surface area contributed by atoms with Gasteiger partial charge >= 0.3 is 0 Å². The fourth-order valence-electron chi connectivity index (χ4n) is 2.48. The minimum atomic E-state index is 0.519. The van der Waals surface area contributed by atoms with Crippen LogP contribution in [0.2, 0.25) is 0 Å². The maximum Gasteiger partial charge on any atom is 0.172 e. The largest absolute Gasteiger partial charge is 0.360 e. The maximum atomic E-state index is 5.37. The second kappa shape index (κ2) is 7.43. The summed E-state index contributed by atoms with van der Waals surface area (Å²) in [5, 5.41) is 7.29. The number of anilines is 1. The number of pyridine rings is 1. The Morgan fingerprint density at radius 1 is 1.16 bits per heavy atom. The highest BCUT2D eigenvalue weighted by Gasteiger charge is 2.12. The molecule has 1 aromatic rings. The molecule has 1 aromatic heterocycles. The highest BCUT2D eigenvalue weighted by Crippen LogP contribution is 2.17. The topological polar surface area (TPSA) is 37.0 Å². The Hall–Kier alpha value is -1.16. The molecule has 1 heterocycles. The predicted molar refractivity (Wildman–Crippen MR) is 84.4 cm³/mol. The summed E-state index contributed by atoms with van der Waals surface area (Å²) in [5.41, 5.74) is 1.16. The van der Waals surface area contributed by atoms with Crippen LogP contribution in [0.1, 0.15) is 50.5 Å². The van der Waals surface area contributed by atoms with Crippen molar-refractivity contribution in [3.63, 3.8) is 0 Å². The van der Waals surface area contributed by atoms with Crippen LogP contribution in [-0.4, -0.2) is 16.1 Å². The highest BCUT2D eigenvalue weighted by atomic mass is 32.1. The third-order valence-electron chi connectivity index (χ3n) is 3.59. The summed E-state index contributed by atoms with van der Waals surface area (Å²) in [6.07, 6.45) is 11.0. The fraction of sp³-hybridized carbons (Fsp3) is 0.600. The molecule has 1 aliphatic rings. The van der Waals surface area contributed by atoms with Gasteiger partial charge in [0, 0.05) is 12.2 Å². The van der Waals surface area contributed by atoms with Crippen LogP contribution in [0.3, 0.4) is 0 Å². The van der Waals surface area contributed by atoms with Crippen LogP contribution < -0.4 is 10.6 Å². The predicted octanol–water partition coefficient (Wildman–Crippen LogP) is 3.79. The molecule has 1 fully saturated rings. The van der Waals surface area contributed by atoms with Crippen molar-refractivity contribution in [2.75, 3.05) is 5.32 Å². The SMILES string of the molecule is Cc1ccc(NC(=S)NC2CCCCCCC2)nc1. The molecule has 0 atom stereocenters. The van der Waals surface area contributed by atoms with Crippen molar-refractivity contribution in [3.05, 3.63) is 23.9 Å². The van der Waals surface area contributed by atoms with Gasteiger partial charge in [-0.1, -0.05) is 38.2 Å². The van der Waals surface area contributed by atoms with Crippen LogP contribution in [0.15, 0.2) is 18.3 Å². The number of hydrogen-bond donors (Lipinski definition) is 2. The lowest BCUT2D eigenvalue weighted by Gasteiger charge is -2.22. The quantitative estimate of drug-likeness (QED) is 0.807. The second-order valence-electron chi connectivity index (χ2n) is 5.36. The standard InChI is InChI=1S/C15H23N3S/c1-12-9-10-14(16-11-12)18-15(19)17-13-7-5-3-2-4-6-8-13/h9-11,13H,2-8H2,1H3,(H2,16,17,18,19). The first kappa shape index (κ1) is 14.3. The third-order valence-corrected chi connectivity index (χ3v) is 3.81. The average molecular weight is 277 g/mol. The molecule has 104 valence electrons. The zero-order valence-electron chi connectivity index (χ0n) is 11.6. The summed E-state index contributed by atoms with van der Waals surface area (Å²) in [7, 11) is 0. The van der Waals surface area contributed by atoms with Crippen LogP contribution in [0.5, 0.6) is 0 Å². The molecule has 0 aromatic carbocycles. The Kier molecular flexibility index (Phi) is 5.58. The van der Waals surface area contributed by atoms with E-state index in [0.717, 1.165) is 11.4 Å². The number of thiocarbonyl (C=S) groups is 1. The van der Waals surface area contributed by atoms with Crippen molar-refractivity contribution >= 4 is 23.1 Å². The van der Waals surface area contributed by atoms with E-state index in [9.17, 15) is 0 Å². The van der Waals surface area contributed by atoms with Crippen LogP contribution in [0.25, 0.3) is 0 Å². The first-order chi connectivity index (χ1) is 9.24. The molecule has 19 heavy (non-hydrogen) atoms. The molecule has 0 radical (unpaired) electrons. The summed E-state index contributed by atoms with van der Waals surface area (Å²) in [4.78, 5) is 4.31. The molecule has 2 rings (SSSR count). The van der Waals surface area contributed by atoms with Crippen LogP contribution in [0.4, 0.5) is 5.82 Å². The molecule has 3 nitrogen and oxygen atoms in total. The van der Waals surface area contributed by atoms with Crippen molar-refractivity contribution < 1.29 is 0 Å². The van der Waals surface area contributed by atoms with Gasteiger partial charge in [-0.15, -0.1) is 0 Å². The number of aromatic nitrogens is 1. The number of aryl methyl sites for hydroxylation is 1. The first-order valence-electron chi connectivity index (χ1n) is 7.24. The lowest BCUT2D eigenvalue weighted by molar-refractivity contribution is 0.430. The Labute approximate surface area is 121 Å². The number of nitrogens with one attached hydrogen (secondary N) is 2. The van der Waals surface area contributed by atoms with Crippen LogP contribution in [-0.2, 0) is 0 Å². The number of rotatable bonds is 2. The van der Waals surface area contributed by atoms with Gasteiger partial charge in [0.05, 0.1) is 0 Å². The monoisotopic (exact) mass is 277 g/mol. The zero-order valence-corrected chi connectivity index (χ0v) is 12.4.